The fourth-order valence-electron chi connectivity index (χ4n) is 3.40. The Morgan fingerprint density at radius 3 is 2.85 bits per heavy atom. The van der Waals surface area contributed by atoms with Gasteiger partial charge in [0.1, 0.15) is 5.82 Å². The molecule has 0 aliphatic carbocycles. The van der Waals surface area contributed by atoms with Crippen molar-refractivity contribution < 1.29 is 9.18 Å². The highest BCUT2D eigenvalue weighted by Gasteiger charge is 2.34. The van der Waals surface area contributed by atoms with E-state index in [1.54, 1.807) is 18.2 Å². The van der Waals surface area contributed by atoms with Crippen LogP contribution in [0.1, 0.15) is 17.5 Å². The van der Waals surface area contributed by atoms with E-state index in [-0.39, 0.29) is 23.8 Å². The Morgan fingerprint density at radius 1 is 1.27 bits per heavy atom. The molecule has 3 rings (SSSR count). The summed E-state index contributed by atoms with van der Waals surface area (Å²) < 4.78 is 13.7. The maximum absolute atomic E-state index is 13.7. The average Bonchev–Trinajstić information content (AvgIpc) is 2.97. The lowest BCUT2D eigenvalue weighted by atomic mass is 10.1. The first kappa shape index (κ1) is 18.8. The van der Waals surface area contributed by atoms with E-state index in [2.05, 4.69) is 10.2 Å². The number of nitrogens with zero attached hydrogens (tertiary/aromatic N) is 1. The number of nitrogens with two attached hydrogens (primary N) is 1. The minimum Gasteiger partial charge on any atom is -0.354 e. The molecule has 0 aromatic heterocycles. The molecule has 6 heteroatoms. The van der Waals surface area contributed by atoms with Gasteiger partial charge in [-0.3, -0.25) is 9.69 Å². The lowest BCUT2D eigenvalue weighted by molar-refractivity contribution is -0.125. The molecule has 3 N–H and O–H groups in total. The van der Waals surface area contributed by atoms with Crippen LogP contribution in [-0.4, -0.2) is 36.0 Å². The first-order valence-corrected chi connectivity index (χ1v) is 9.16. The van der Waals surface area contributed by atoms with Crippen LogP contribution in [0.2, 0.25) is 5.02 Å². The van der Waals surface area contributed by atoms with Gasteiger partial charge >= 0.3 is 0 Å². The van der Waals surface area contributed by atoms with Crippen molar-refractivity contribution >= 4 is 17.5 Å². The number of rotatable bonds is 6. The molecule has 2 aromatic carbocycles. The molecule has 1 amide bonds. The van der Waals surface area contributed by atoms with Crippen molar-refractivity contribution in [2.24, 2.45) is 5.73 Å². The molecule has 1 aliphatic heterocycles. The molecular weight excluding hydrogens is 353 g/mol. The zero-order valence-electron chi connectivity index (χ0n) is 14.5. The third-order valence-electron chi connectivity index (χ3n) is 4.66. The number of benzene rings is 2. The lowest BCUT2D eigenvalue weighted by Gasteiger charge is -2.23. The van der Waals surface area contributed by atoms with Crippen LogP contribution in [0.25, 0.3) is 0 Å². The molecule has 2 aromatic rings. The van der Waals surface area contributed by atoms with Crippen molar-refractivity contribution in [3.63, 3.8) is 0 Å². The fraction of sp³-hybridized carbons (Fsp3) is 0.350. The molecule has 4 nitrogen and oxygen atoms in total. The zero-order chi connectivity index (χ0) is 18.5. The Morgan fingerprint density at radius 2 is 2.08 bits per heavy atom. The van der Waals surface area contributed by atoms with Gasteiger partial charge < -0.3 is 11.1 Å². The Kier molecular flexibility index (Phi) is 6.25. The lowest BCUT2D eigenvalue weighted by Crippen LogP contribution is -2.43. The van der Waals surface area contributed by atoms with Gasteiger partial charge in [-0.15, -0.1) is 0 Å². The number of nitrogens with one attached hydrogen (secondary N) is 1. The number of carbonyl (C=O) groups excluding carboxylic acids is 1. The fourth-order valence-corrected chi connectivity index (χ4v) is 3.61. The van der Waals surface area contributed by atoms with Gasteiger partial charge in [-0.25, -0.2) is 4.39 Å². The molecule has 0 radical (unpaired) electrons. The molecule has 0 saturated carbocycles. The maximum atomic E-state index is 13.7. The highest BCUT2D eigenvalue weighted by molar-refractivity contribution is 6.30. The van der Waals surface area contributed by atoms with Gasteiger partial charge in [-0.2, -0.15) is 0 Å². The predicted octanol–water partition coefficient (Wildman–Crippen LogP) is 2.74. The highest BCUT2D eigenvalue weighted by Crippen LogP contribution is 2.21. The maximum Gasteiger partial charge on any atom is 0.237 e. The minimum atomic E-state index is -0.274. The van der Waals surface area contributed by atoms with Crippen LogP contribution < -0.4 is 11.1 Å². The zero-order valence-corrected chi connectivity index (χ0v) is 15.3. The van der Waals surface area contributed by atoms with E-state index in [4.69, 9.17) is 17.3 Å². The Bertz CT molecular complexity index is 770. The minimum absolute atomic E-state index is 0.0310. The summed E-state index contributed by atoms with van der Waals surface area (Å²) in [5.74, 6) is -0.302. The summed E-state index contributed by atoms with van der Waals surface area (Å²) in [5.41, 5.74) is 7.73. The van der Waals surface area contributed by atoms with Crippen LogP contribution in [0.3, 0.4) is 0 Å². The van der Waals surface area contributed by atoms with Crippen LogP contribution in [0.15, 0.2) is 48.5 Å². The highest BCUT2D eigenvalue weighted by atomic mass is 35.5. The van der Waals surface area contributed by atoms with Gasteiger partial charge in [0, 0.05) is 30.7 Å². The van der Waals surface area contributed by atoms with Crippen LogP contribution in [0, 0.1) is 5.82 Å². The van der Waals surface area contributed by atoms with Gasteiger partial charge in [-0.1, -0.05) is 41.9 Å². The van der Waals surface area contributed by atoms with E-state index >= 15 is 0 Å². The van der Waals surface area contributed by atoms with Crippen LogP contribution in [0.4, 0.5) is 4.39 Å². The number of likely N-dealkylation sites (tertiary alicyclic amines) is 1. The molecule has 2 atom stereocenters. The van der Waals surface area contributed by atoms with E-state index in [9.17, 15) is 9.18 Å². The van der Waals surface area contributed by atoms with Crippen molar-refractivity contribution in [3.05, 3.63) is 70.5 Å². The van der Waals surface area contributed by atoms with Gasteiger partial charge in [0.15, 0.2) is 0 Å². The number of halogens is 2. The standard InChI is InChI=1S/C20H23ClFN3O/c21-16-6-3-4-14(10-16)12-25-13-17(23)11-19(25)20(26)24-9-8-15-5-1-2-7-18(15)22/h1-7,10,17,19H,8-9,11-13,23H2,(H,24,26)/t17-,19+/m1/s1. The van der Waals surface area contributed by atoms with E-state index < -0.39 is 0 Å². The second kappa shape index (κ2) is 8.62. The average molecular weight is 376 g/mol. The summed E-state index contributed by atoms with van der Waals surface area (Å²) >= 11 is 6.04. The van der Waals surface area contributed by atoms with Gasteiger partial charge in [0.2, 0.25) is 5.91 Å². The first-order valence-electron chi connectivity index (χ1n) is 8.78. The van der Waals surface area contributed by atoms with E-state index in [1.807, 2.05) is 24.3 Å². The summed E-state index contributed by atoms with van der Waals surface area (Å²) in [6, 6.07) is 13.9. The van der Waals surface area contributed by atoms with Crippen LogP contribution >= 0.6 is 11.6 Å². The van der Waals surface area contributed by atoms with E-state index in [0.717, 1.165) is 5.56 Å². The van der Waals surface area contributed by atoms with Gasteiger partial charge in [0.05, 0.1) is 6.04 Å². The molecule has 1 aliphatic rings. The van der Waals surface area contributed by atoms with Gasteiger partial charge in [0.25, 0.3) is 0 Å². The Labute approximate surface area is 158 Å². The Balaban J connectivity index is 1.57. The summed E-state index contributed by atoms with van der Waals surface area (Å²) in [6.45, 7) is 1.69. The quantitative estimate of drug-likeness (QED) is 0.816. The van der Waals surface area contributed by atoms with Crippen molar-refractivity contribution in [1.82, 2.24) is 10.2 Å². The normalized spacial score (nSPS) is 20.3. The van der Waals surface area contributed by atoms with Crippen molar-refractivity contribution in [3.8, 4) is 0 Å². The summed E-state index contributed by atoms with van der Waals surface area (Å²) in [7, 11) is 0. The molecule has 26 heavy (non-hydrogen) atoms. The van der Waals surface area contributed by atoms with Crippen LogP contribution in [0.5, 0.6) is 0 Å². The topological polar surface area (TPSA) is 58.4 Å². The molecule has 0 bridgehead atoms. The first-order chi connectivity index (χ1) is 12.5. The molecule has 1 fully saturated rings. The molecule has 1 heterocycles. The largest absolute Gasteiger partial charge is 0.354 e. The number of hydrogen-bond donors (Lipinski definition) is 2. The molecule has 1 saturated heterocycles. The summed E-state index contributed by atoms with van der Waals surface area (Å²) in [4.78, 5) is 14.7. The third kappa shape index (κ3) is 4.81. The molecular formula is C20H23ClFN3O. The SMILES string of the molecule is N[C@@H]1C[C@@H](C(=O)NCCc2ccccc2F)N(Cc2cccc(Cl)c2)C1. The molecule has 0 spiro atoms. The van der Waals surface area contributed by atoms with E-state index in [0.29, 0.717) is 43.1 Å². The third-order valence-corrected chi connectivity index (χ3v) is 4.90. The molecule has 0 unspecified atom stereocenters. The second-order valence-corrected chi connectivity index (χ2v) is 7.14. The number of amides is 1. The van der Waals surface area contributed by atoms with E-state index in [1.165, 1.54) is 6.07 Å². The summed E-state index contributed by atoms with van der Waals surface area (Å²) in [6.07, 6.45) is 1.08. The number of hydrogen-bond acceptors (Lipinski definition) is 3. The van der Waals surface area contributed by atoms with Crippen LogP contribution in [-0.2, 0) is 17.8 Å². The monoisotopic (exact) mass is 375 g/mol. The predicted molar refractivity (Wildman–Crippen MR) is 101 cm³/mol. The second-order valence-electron chi connectivity index (χ2n) is 6.70. The van der Waals surface area contributed by atoms with Crippen molar-refractivity contribution in [1.29, 1.82) is 0 Å². The van der Waals surface area contributed by atoms with Crippen molar-refractivity contribution in [2.75, 3.05) is 13.1 Å². The smallest absolute Gasteiger partial charge is 0.237 e. The van der Waals surface area contributed by atoms with Crippen molar-refractivity contribution in [2.45, 2.75) is 31.5 Å². The number of carbonyl (C=O) groups is 1. The molecule has 138 valence electrons. The van der Waals surface area contributed by atoms with Gasteiger partial charge in [-0.05, 0) is 42.2 Å². The summed E-state index contributed by atoms with van der Waals surface area (Å²) in [5, 5.41) is 3.60. The Hall–Kier alpha value is -1.95.